The first-order chi connectivity index (χ1) is 9.61. The molecule has 0 saturated carbocycles. The van der Waals surface area contributed by atoms with Gasteiger partial charge in [-0.1, -0.05) is 13.3 Å². The van der Waals surface area contributed by atoms with Crippen LogP contribution in [-0.4, -0.2) is 52.4 Å². The van der Waals surface area contributed by atoms with Crippen LogP contribution in [0.3, 0.4) is 0 Å². The summed E-state index contributed by atoms with van der Waals surface area (Å²) in [7, 11) is 0. The molecule has 1 aromatic heterocycles. The molecule has 1 atom stereocenters. The minimum atomic E-state index is -0.352. The van der Waals surface area contributed by atoms with E-state index in [2.05, 4.69) is 21.2 Å². The quantitative estimate of drug-likeness (QED) is 0.898. The van der Waals surface area contributed by atoms with Gasteiger partial charge < -0.3 is 15.5 Å². The molecular weight excluding hydrogens is 274 g/mol. The lowest BCUT2D eigenvalue weighted by Gasteiger charge is -2.24. The minimum absolute atomic E-state index is 0.0853. The Labute approximate surface area is 124 Å². The predicted molar refractivity (Wildman–Crippen MR) is 80.9 cm³/mol. The fourth-order valence-corrected chi connectivity index (χ4v) is 3.14. The van der Waals surface area contributed by atoms with E-state index < -0.39 is 0 Å². The molecule has 1 amide bonds. The van der Waals surface area contributed by atoms with Gasteiger partial charge in [0, 0.05) is 37.7 Å². The van der Waals surface area contributed by atoms with E-state index in [1.165, 1.54) is 11.5 Å². The Bertz CT molecular complexity index is 450. The number of carbonyl (C=O) groups excluding carboxylic acids is 1. The Morgan fingerprint density at radius 1 is 1.40 bits per heavy atom. The third-order valence-corrected chi connectivity index (χ3v) is 4.38. The summed E-state index contributed by atoms with van der Waals surface area (Å²) in [5.74, 6) is 0.897. The standard InChI is InChI=1S/C13H23N5OS/c1-3-5-11(14)12(19)17-6-4-7-18(9-8-17)13-15-10(2)16-20-13/h11H,3-9,14H2,1-2H3. The molecule has 7 heteroatoms. The summed E-state index contributed by atoms with van der Waals surface area (Å²) in [6, 6.07) is -0.352. The van der Waals surface area contributed by atoms with Gasteiger partial charge in [-0.3, -0.25) is 4.79 Å². The monoisotopic (exact) mass is 297 g/mol. The number of amides is 1. The van der Waals surface area contributed by atoms with Crippen molar-refractivity contribution in [2.75, 3.05) is 31.1 Å². The number of aryl methyl sites for hydroxylation is 1. The Morgan fingerprint density at radius 3 is 2.85 bits per heavy atom. The molecule has 112 valence electrons. The minimum Gasteiger partial charge on any atom is -0.345 e. The topological polar surface area (TPSA) is 75.4 Å². The largest absolute Gasteiger partial charge is 0.345 e. The van der Waals surface area contributed by atoms with Gasteiger partial charge in [0.05, 0.1) is 6.04 Å². The summed E-state index contributed by atoms with van der Waals surface area (Å²) < 4.78 is 4.22. The van der Waals surface area contributed by atoms with Crippen LogP contribution in [0.2, 0.25) is 0 Å². The molecule has 20 heavy (non-hydrogen) atoms. The highest BCUT2D eigenvalue weighted by Crippen LogP contribution is 2.19. The van der Waals surface area contributed by atoms with Crippen LogP contribution >= 0.6 is 11.5 Å². The SMILES string of the molecule is CCCC(N)C(=O)N1CCCN(c2nc(C)ns2)CC1. The number of hydrogen-bond acceptors (Lipinski definition) is 6. The number of nitrogens with two attached hydrogens (primary N) is 1. The van der Waals surface area contributed by atoms with Gasteiger partial charge in [-0.05, 0) is 19.8 Å². The van der Waals surface area contributed by atoms with Crippen molar-refractivity contribution in [2.45, 2.75) is 39.2 Å². The van der Waals surface area contributed by atoms with Crippen molar-refractivity contribution in [1.82, 2.24) is 14.3 Å². The smallest absolute Gasteiger partial charge is 0.239 e. The lowest BCUT2D eigenvalue weighted by Crippen LogP contribution is -2.45. The van der Waals surface area contributed by atoms with Crippen LogP contribution in [0.5, 0.6) is 0 Å². The summed E-state index contributed by atoms with van der Waals surface area (Å²) in [5, 5.41) is 0.953. The van der Waals surface area contributed by atoms with E-state index in [-0.39, 0.29) is 11.9 Å². The Hall–Kier alpha value is -1.21. The number of hydrogen-bond donors (Lipinski definition) is 1. The summed E-state index contributed by atoms with van der Waals surface area (Å²) in [4.78, 5) is 20.8. The molecule has 1 aromatic rings. The molecule has 0 spiro atoms. The lowest BCUT2D eigenvalue weighted by molar-refractivity contribution is -0.132. The predicted octanol–water partition coefficient (Wildman–Crippen LogP) is 1.01. The van der Waals surface area contributed by atoms with Crippen molar-refractivity contribution in [3.05, 3.63) is 5.82 Å². The van der Waals surface area contributed by atoms with Crippen molar-refractivity contribution in [2.24, 2.45) is 5.73 Å². The molecule has 2 rings (SSSR count). The fourth-order valence-electron chi connectivity index (χ4n) is 2.41. The third-order valence-electron chi connectivity index (χ3n) is 3.51. The zero-order valence-electron chi connectivity index (χ0n) is 12.2. The Kier molecular flexibility index (Phi) is 5.31. The van der Waals surface area contributed by atoms with Crippen molar-refractivity contribution in [3.8, 4) is 0 Å². The molecule has 1 unspecified atom stereocenters. The molecule has 1 saturated heterocycles. The maximum Gasteiger partial charge on any atom is 0.239 e. The third kappa shape index (κ3) is 3.67. The van der Waals surface area contributed by atoms with E-state index in [1.807, 2.05) is 11.8 Å². The zero-order valence-corrected chi connectivity index (χ0v) is 13.0. The maximum atomic E-state index is 12.2. The summed E-state index contributed by atoms with van der Waals surface area (Å²) in [5.41, 5.74) is 5.93. The van der Waals surface area contributed by atoms with Crippen molar-refractivity contribution in [3.63, 3.8) is 0 Å². The summed E-state index contributed by atoms with van der Waals surface area (Å²) in [6.07, 6.45) is 2.65. The van der Waals surface area contributed by atoms with E-state index >= 15 is 0 Å². The van der Waals surface area contributed by atoms with Crippen LogP contribution in [0, 0.1) is 6.92 Å². The second-order valence-corrected chi connectivity index (χ2v) is 5.92. The maximum absolute atomic E-state index is 12.2. The average Bonchev–Trinajstić information content (AvgIpc) is 2.72. The highest BCUT2D eigenvalue weighted by atomic mass is 32.1. The molecule has 1 fully saturated rings. The first-order valence-corrected chi connectivity index (χ1v) is 7.98. The molecule has 2 heterocycles. The van der Waals surface area contributed by atoms with Gasteiger partial charge in [-0.2, -0.15) is 4.37 Å². The Balaban J connectivity index is 1.93. The van der Waals surface area contributed by atoms with Gasteiger partial charge in [0.1, 0.15) is 5.82 Å². The highest BCUT2D eigenvalue weighted by Gasteiger charge is 2.24. The molecule has 0 aromatic carbocycles. The van der Waals surface area contributed by atoms with E-state index in [4.69, 9.17) is 5.73 Å². The highest BCUT2D eigenvalue weighted by molar-refractivity contribution is 7.09. The van der Waals surface area contributed by atoms with Crippen LogP contribution in [0.1, 0.15) is 32.0 Å². The molecule has 0 bridgehead atoms. The van der Waals surface area contributed by atoms with Crippen LogP contribution in [0.15, 0.2) is 0 Å². The molecular formula is C13H23N5OS. The lowest BCUT2D eigenvalue weighted by atomic mass is 10.1. The number of nitrogens with zero attached hydrogens (tertiary/aromatic N) is 4. The average molecular weight is 297 g/mol. The van der Waals surface area contributed by atoms with Gasteiger partial charge in [-0.15, -0.1) is 0 Å². The first kappa shape index (κ1) is 15.2. The fraction of sp³-hybridized carbons (Fsp3) is 0.769. The normalized spacial score (nSPS) is 17.9. The van der Waals surface area contributed by atoms with Crippen LogP contribution in [0.25, 0.3) is 0 Å². The van der Waals surface area contributed by atoms with Gasteiger partial charge in [-0.25, -0.2) is 4.98 Å². The van der Waals surface area contributed by atoms with Crippen LogP contribution < -0.4 is 10.6 Å². The molecule has 1 aliphatic heterocycles. The van der Waals surface area contributed by atoms with Gasteiger partial charge in [0.15, 0.2) is 0 Å². The van der Waals surface area contributed by atoms with Gasteiger partial charge in [0.25, 0.3) is 0 Å². The number of carbonyl (C=O) groups is 1. The molecule has 2 N–H and O–H groups in total. The first-order valence-electron chi connectivity index (χ1n) is 7.21. The number of aromatic nitrogens is 2. The van der Waals surface area contributed by atoms with Crippen molar-refractivity contribution < 1.29 is 4.79 Å². The zero-order chi connectivity index (χ0) is 14.5. The van der Waals surface area contributed by atoms with E-state index in [0.717, 1.165) is 56.4 Å². The molecule has 6 nitrogen and oxygen atoms in total. The van der Waals surface area contributed by atoms with E-state index in [0.29, 0.717) is 0 Å². The second-order valence-electron chi connectivity index (χ2n) is 5.19. The summed E-state index contributed by atoms with van der Waals surface area (Å²) in [6.45, 7) is 7.17. The molecule has 1 aliphatic rings. The second kappa shape index (κ2) is 6.99. The van der Waals surface area contributed by atoms with Gasteiger partial charge in [0.2, 0.25) is 11.0 Å². The van der Waals surface area contributed by atoms with Crippen LogP contribution in [0.4, 0.5) is 5.13 Å². The molecule has 0 radical (unpaired) electrons. The van der Waals surface area contributed by atoms with Crippen LogP contribution in [-0.2, 0) is 4.79 Å². The molecule has 0 aliphatic carbocycles. The van der Waals surface area contributed by atoms with Crippen molar-refractivity contribution >= 4 is 22.6 Å². The van der Waals surface area contributed by atoms with E-state index in [1.54, 1.807) is 0 Å². The number of anilines is 1. The van der Waals surface area contributed by atoms with Gasteiger partial charge >= 0.3 is 0 Å². The van der Waals surface area contributed by atoms with Crippen molar-refractivity contribution in [1.29, 1.82) is 0 Å². The number of rotatable bonds is 4. The Morgan fingerprint density at radius 2 is 2.20 bits per heavy atom. The van der Waals surface area contributed by atoms with E-state index in [9.17, 15) is 4.79 Å². The summed E-state index contributed by atoms with van der Waals surface area (Å²) >= 11 is 1.43.